The van der Waals surface area contributed by atoms with Crippen LogP contribution in [0.25, 0.3) is 10.9 Å². The first-order chi connectivity index (χ1) is 11.2. The summed E-state index contributed by atoms with van der Waals surface area (Å²) in [6.07, 6.45) is 3.59. The third kappa shape index (κ3) is 2.36. The van der Waals surface area contributed by atoms with Crippen molar-refractivity contribution in [2.24, 2.45) is 0 Å². The number of benzene rings is 1. The average Bonchev–Trinajstić information content (AvgIpc) is 2.86. The van der Waals surface area contributed by atoms with Gasteiger partial charge < -0.3 is 9.47 Å². The molecule has 1 atom stereocenters. The van der Waals surface area contributed by atoms with Gasteiger partial charge in [0, 0.05) is 54.0 Å². The highest BCUT2D eigenvalue weighted by molar-refractivity contribution is 5.97. The van der Waals surface area contributed by atoms with Crippen molar-refractivity contribution in [1.82, 2.24) is 9.47 Å². The maximum atomic E-state index is 2.67. The smallest absolute Gasteiger partial charge is 0.0509 e. The fraction of sp³-hybridized carbons (Fsp3) is 0.619. The van der Waals surface area contributed by atoms with E-state index in [1.165, 1.54) is 35.1 Å². The summed E-state index contributed by atoms with van der Waals surface area (Å²) in [5.41, 5.74) is 4.77. The van der Waals surface area contributed by atoms with E-state index >= 15 is 0 Å². The van der Waals surface area contributed by atoms with E-state index in [1.807, 2.05) is 0 Å². The quantitative estimate of drug-likeness (QED) is 0.718. The van der Waals surface area contributed by atoms with E-state index in [4.69, 9.17) is 0 Å². The molecule has 0 bridgehead atoms. The standard InChI is InChI=1S/C21H31N3/c1-20(2,3)22-10-11-23-16(14-22)12-15-13-24(21(4,5)6)18-9-7-8-17(23)19(15)18/h7-9,13,16H,10-12,14H2,1-6H3. The molecule has 0 spiro atoms. The van der Waals surface area contributed by atoms with Gasteiger partial charge in [-0.05, 0) is 65.7 Å². The highest BCUT2D eigenvalue weighted by Gasteiger charge is 2.37. The van der Waals surface area contributed by atoms with Crippen LogP contribution in [0.5, 0.6) is 0 Å². The molecule has 2 aliphatic rings. The minimum Gasteiger partial charge on any atom is -0.365 e. The second kappa shape index (κ2) is 5.01. The lowest BCUT2D eigenvalue weighted by Gasteiger charge is -2.49. The number of aromatic nitrogens is 1. The van der Waals surface area contributed by atoms with Crippen LogP contribution in [-0.2, 0) is 12.0 Å². The van der Waals surface area contributed by atoms with Crippen LogP contribution in [0.15, 0.2) is 24.4 Å². The fourth-order valence-electron chi connectivity index (χ4n) is 4.51. The Morgan fingerprint density at radius 1 is 0.958 bits per heavy atom. The first-order valence-electron chi connectivity index (χ1n) is 9.31. The van der Waals surface area contributed by atoms with Crippen molar-refractivity contribution in [3.8, 4) is 0 Å². The molecule has 3 heteroatoms. The van der Waals surface area contributed by atoms with Gasteiger partial charge in [0.25, 0.3) is 0 Å². The van der Waals surface area contributed by atoms with E-state index in [2.05, 4.69) is 80.3 Å². The lowest BCUT2D eigenvalue weighted by molar-refractivity contribution is 0.108. The van der Waals surface area contributed by atoms with Crippen LogP contribution in [-0.4, -0.2) is 40.7 Å². The van der Waals surface area contributed by atoms with Crippen molar-refractivity contribution in [3.63, 3.8) is 0 Å². The molecule has 0 aliphatic carbocycles. The van der Waals surface area contributed by atoms with Crippen molar-refractivity contribution in [3.05, 3.63) is 30.0 Å². The SMILES string of the molecule is CC(C)(C)N1CCN2c3cccc4c3c(cn4C(C)(C)C)CC2C1. The number of anilines is 1. The zero-order chi connectivity index (χ0) is 17.3. The molecule has 2 aliphatic heterocycles. The maximum absolute atomic E-state index is 2.67. The molecule has 24 heavy (non-hydrogen) atoms. The summed E-state index contributed by atoms with van der Waals surface area (Å²) < 4.78 is 2.47. The third-order valence-corrected chi connectivity index (χ3v) is 5.81. The van der Waals surface area contributed by atoms with Crippen molar-refractivity contribution in [1.29, 1.82) is 0 Å². The molecule has 0 N–H and O–H groups in total. The average molecular weight is 326 g/mol. The lowest BCUT2D eigenvalue weighted by Crippen LogP contribution is -2.59. The van der Waals surface area contributed by atoms with Crippen LogP contribution >= 0.6 is 0 Å². The minimum absolute atomic E-state index is 0.122. The van der Waals surface area contributed by atoms with E-state index in [1.54, 1.807) is 0 Å². The largest absolute Gasteiger partial charge is 0.365 e. The Balaban J connectivity index is 1.79. The zero-order valence-electron chi connectivity index (χ0n) is 16.1. The van der Waals surface area contributed by atoms with Crippen LogP contribution in [0.3, 0.4) is 0 Å². The second-order valence-electron chi connectivity index (χ2n) is 9.53. The molecule has 4 rings (SSSR count). The van der Waals surface area contributed by atoms with Crippen LogP contribution in [0.1, 0.15) is 47.1 Å². The Labute approximate surface area is 146 Å². The van der Waals surface area contributed by atoms with Gasteiger partial charge in [-0.1, -0.05) is 6.07 Å². The summed E-state index contributed by atoms with van der Waals surface area (Å²) >= 11 is 0. The summed E-state index contributed by atoms with van der Waals surface area (Å²) in [7, 11) is 0. The molecule has 1 fully saturated rings. The first-order valence-corrected chi connectivity index (χ1v) is 9.31. The predicted octanol–water partition coefficient (Wildman–Crippen LogP) is 4.24. The second-order valence-corrected chi connectivity index (χ2v) is 9.53. The molecule has 0 radical (unpaired) electrons. The van der Waals surface area contributed by atoms with E-state index in [0.29, 0.717) is 6.04 Å². The van der Waals surface area contributed by atoms with Crippen molar-refractivity contribution in [2.75, 3.05) is 24.5 Å². The Morgan fingerprint density at radius 3 is 2.38 bits per heavy atom. The van der Waals surface area contributed by atoms with Gasteiger partial charge in [0.1, 0.15) is 0 Å². The number of nitrogens with zero attached hydrogens (tertiary/aromatic N) is 3. The van der Waals surface area contributed by atoms with Gasteiger partial charge in [-0.25, -0.2) is 0 Å². The number of hydrogen-bond acceptors (Lipinski definition) is 2. The molecule has 1 saturated heterocycles. The molecule has 1 aromatic heterocycles. The highest BCUT2D eigenvalue weighted by atomic mass is 15.3. The zero-order valence-corrected chi connectivity index (χ0v) is 16.1. The molecular formula is C21H31N3. The topological polar surface area (TPSA) is 11.4 Å². The Kier molecular flexibility index (Phi) is 3.34. The normalized spacial score (nSPS) is 22.1. The molecule has 2 aromatic rings. The van der Waals surface area contributed by atoms with Crippen LogP contribution in [0.2, 0.25) is 0 Å². The van der Waals surface area contributed by atoms with Crippen molar-refractivity contribution >= 4 is 16.6 Å². The molecule has 1 unspecified atom stereocenters. The van der Waals surface area contributed by atoms with Gasteiger partial charge in [0.15, 0.2) is 0 Å². The van der Waals surface area contributed by atoms with Crippen molar-refractivity contribution in [2.45, 2.75) is 65.1 Å². The molecule has 0 amide bonds. The predicted molar refractivity (Wildman–Crippen MR) is 103 cm³/mol. The first kappa shape index (κ1) is 16.0. The van der Waals surface area contributed by atoms with Gasteiger partial charge in [-0.2, -0.15) is 0 Å². The molecular weight excluding hydrogens is 294 g/mol. The summed E-state index contributed by atoms with van der Waals surface area (Å²) in [6.45, 7) is 17.4. The van der Waals surface area contributed by atoms with Gasteiger partial charge in [0.2, 0.25) is 0 Å². The Hall–Kier alpha value is -1.48. The number of fused-ring (bicyclic) bond motifs is 2. The van der Waals surface area contributed by atoms with Gasteiger partial charge >= 0.3 is 0 Å². The fourth-order valence-corrected chi connectivity index (χ4v) is 4.51. The van der Waals surface area contributed by atoms with Gasteiger partial charge in [0.05, 0.1) is 5.52 Å². The third-order valence-electron chi connectivity index (χ3n) is 5.81. The number of rotatable bonds is 0. The van der Waals surface area contributed by atoms with Gasteiger partial charge in [-0.3, -0.25) is 4.90 Å². The molecule has 0 saturated carbocycles. The molecule has 130 valence electrons. The molecule has 3 nitrogen and oxygen atoms in total. The van der Waals surface area contributed by atoms with E-state index in [-0.39, 0.29) is 11.1 Å². The number of piperazine rings is 1. The van der Waals surface area contributed by atoms with Crippen molar-refractivity contribution < 1.29 is 0 Å². The van der Waals surface area contributed by atoms with E-state index < -0.39 is 0 Å². The monoisotopic (exact) mass is 325 g/mol. The minimum atomic E-state index is 0.122. The van der Waals surface area contributed by atoms with Crippen LogP contribution < -0.4 is 4.90 Å². The van der Waals surface area contributed by atoms with E-state index in [0.717, 1.165) is 13.1 Å². The van der Waals surface area contributed by atoms with Crippen LogP contribution in [0, 0.1) is 0 Å². The summed E-state index contributed by atoms with van der Waals surface area (Å²) in [5.74, 6) is 0. The van der Waals surface area contributed by atoms with Gasteiger partial charge in [-0.15, -0.1) is 0 Å². The maximum Gasteiger partial charge on any atom is 0.0509 e. The summed E-state index contributed by atoms with van der Waals surface area (Å²) in [5, 5.41) is 1.49. The highest BCUT2D eigenvalue weighted by Crippen LogP contribution is 2.41. The Bertz CT molecular complexity index is 773. The lowest BCUT2D eigenvalue weighted by atomic mass is 9.92. The van der Waals surface area contributed by atoms with E-state index in [9.17, 15) is 0 Å². The molecule has 3 heterocycles. The summed E-state index contributed by atoms with van der Waals surface area (Å²) in [4.78, 5) is 5.32. The Morgan fingerprint density at radius 2 is 1.71 bits per heavy atom. The molecule has 1 aromatic carbocycles. The van der Waals surface area contributed by atoms with Crippen LogP contribution in [0.4, 0.5) is 5.69 Å². The summed E-state index contributed by atoms with van der Waals surface area (Å²) in [6, 6.07) is 7.46. The number of hydrogen-bond donors (Lipinski definition) is 0.